The maximum absolute atomic E-state index is 13.6. The number of aryl methyl sites for hydroxylation is 2. The van der Waals surface area contributed by atoms with Gasteiger partial charge in [0.05, 0.1) is 5.56 Å². The smallest absolute Gasteiger partial charge is 0.197 e. The number of hydrogen-bond donors (Lipinski definition) is 1. The number of ketones is 1. The minimum Gasteiger partial charge on any atom is -0.364 e. The Balaban J connectivity index is 2.49. The Labute approximate surface area is 93.1 Å². The molecule has 0 saturated heterocycles. The minimum absolute atomic E-state index is 0.154. The summed E-state index contributed by atoms with van der Waals surface area (Å²) >= 11 is 0. The molecule has 0 aliphatic heterocycles. The number of hydrogen-bond acceptors (Lipinski definition) is 1. The summed E-state index contributed by atoms with van der Waals surface area (Å²) in [4.78, 5) is 15.0. The van der Waals surface area contributed by atoms with E-state index in [9.17, 15) is 9.18 Å². The van der Waals surface area contributed by atoms with Crippen molar-refractivity contribution in [2.45, 2.75) is 13.8 Å². The summed E-state index contributed by atoms with van der Waals surface area (Å²) in [5.74, 6) is -0.746. The van der Waals surface area contributed by atoms with E-state index in [0.29, 0.717) is 11.1 Å². The molecule has 16 heavy (non-hydrogen) atoms. The van der Waals surface area contributed by atoms with Gasteiger partial charge in [-0.05, 0) is 31.5 Å². The molecule has 0 aliphatic carbocycles. The molecule has 0 fully saturated rings. The van der Waals surface area contributed by atoms with Crippen LogP contribution < -0.4 is 0 Å². The van der Waals surface area contributed by atoms with Crippen LogP contribution in [0.1, 0.15) is 27.2 Å². The van der Waals surface area contributed by atoms with Gasteiger partial charge in [-0.1, -0.05) is 12.1 Å². The first-order valence-corrected chi connectivity index (χ1v) is 5.04. The summed E-state index contributed by atoms with van der Waals surface area (Å²) in [6.07, 6.45) is 1.60. The quantitative estimate of drug-likeness (QED) is 0.770. The first kappa shape index (κ1) is 10.6. The van der Waals surface area contributed by atoms with E-state index in [-0.39, 0.29) is 11.3 Å². The number of rotatable bonds is 2. The maximum Gasteiger partial charge on any atom is 0.197 e. The molecule has 0 saturated carbocycles. The molecule has 82 valence electrons. The molecule has 1 aromatic heterocycles. The van der Waals surface area contributed by atoms with Crippen LogP contribution in [0, 0.1) is 19.7 Å². The van der Waals surface area contributed by atoms with Crippen LogP contribution in [0.3, 0.4) is 0 Å². The molecule has 1 aromatic carbocycles. The molecule has 0 amide bonds. The molecule has 2 rings (SSSR count). The zero-order chi connectivity index (χ0) is 11.7. The van der Waals surface area contributed by atoms with Crippen molar-refractivity contribution in [2.75, 3.05) is 0 Å². The summed E-state index contributed by atoms with van der Waals surface area (Å²) < 4.78 is 13.6. The molecule has 0 radical (unpaired) electrons. The number of carbonyl (C=O) groups excluding carboxylic acids is 1. The molecule has 0 spiro atoms. The van der Waals surface area contributed by atoms with Crippen LogP contribution in [-0.2, 0) is 0 Å². The fourth-order valence-electron chi connectivity index (χ4n) is 1.70. The third-order valence-electron chi connectivity index (χ3n) is 2.54. The summed E-state index contributed by atoms with van der Waals surface area (Å²) in [5.41, 5.74) is 2.19. The van der Waals surface area contributed by atoms with Crippen LogP contribution in [0.2, 0.25) is 0 Å². The predicted molar refractivity (Wildman–Crippen MR) is 60.1 cm³/mol. The van der Waals surface area contributed by atoms with Crippen LogP contribution in [0.5, 0.6) is 0 Å². The standard InChI is InChI=1S/C13H12FNO/c1-8-4-3-5-11(14)12(8)13(16)10-6-9(2)15-7-10/h3-7,15H,1-2H3. The molecular formula is C13H12FNO. The lowest BCUT2D eigenvalue weighted by Gasteiger charge is -2.04. The normalized spacial score (nSPS) is 10.4. The second-order valence-corrected chi connectivity index (χ2v) is 3.83. The number of nitrogens with one attached hydrogen (secondary N) is 1. The molecule has 0 bridgehead atoms. The largest absolute Gasteiger partial charge is 0.364 e. The van der Waals surface area contributed by atoms with Crippen molar-refractivity contribution < 1.29 is 9.18 Å². The number of halogens is 1. The average molecular weight is 217 g/mol. The van der Waals surface area contributed by atoms with E-state index in [1.165, 1.54) is 6.07 Å². The third kappa shape index (κ3) is 1.76. The van der Waals surface area contributed by atoms with Crippen LogP contribution >= 0.6 is 0 Å². The first-order chi connectivity index (χ1) is 7.59. The van der Waals surface area contributed by atoms with Gasteiger partial charge in [0, 0.05) is 17.5 Å². The van der Waals surface area contributed by atoms with Crippen molar-refractivity contribution in [3.8, 4) is 0 Å². The number of carbonyl (C=O) groups is 1. The van der Waals surface area contributed by atoms with Gasteiger partial charge in [0.25, 0.3) is 0 Å². The lowest BCUT2D eigenvalue weighted by atomic mass is 10.0. The number of benzene rings is 1. The van der Waals surface area contributed by atoms with E-state index in [2.05, 4.69) is 4.98 Å². The maximum atomic E-state index is 13.6. The van der Waals surface area contributed by atoms with Crippen molar-refractivity contribution in [3.63, 3.8) is 0 Å². The van der Waals surface area contributed by atoms with E-state index in [0.717, 1.165) is 5.69 Å². The summed E-state index contributed by atoms with van der Waals surface area (Å²) in [6, 6.07) is 6.35. The lowest BCUT2D eigenvalue weighted by Crippen LogP contribution is -2.05. The molecule has 0 aliphatic rings. The van der Waals surface area contributed by atoms with E-state index in [1.807, 2.05) is 6.92 Å². The van der Waals surface area contributed by atoms with Crippen LogP contribution in [0.4, 0.5) is 4.39 Å². The molecular weight excluding hydrogens is 205 g/mol. The van der Waals surface area contributed by atoms with E-state index >= 15 is 0 Å². The Bertz CT molecular complexity index is 522. The minimum atomic E-state index is -0.469. The lowest BCUT2D eigenvalue weighted by molar-refractivity contribution is 0.103. The van der Waals surface area contributed by atoms with E-state index in [4.69, 9.17) is 0 Å². The number of H-pyrrole nitrogens is 1. The average Bonchev–Trinajstić information content (AvgIpc) is 2.64. The summed E-state index contributed by atoms with van der Waals surface area (Å²) in [6.45, 7) is 3.58. The topological polar surface area (TPSA) is 32.9 Å². The van der Waals surface area contributed by atoms with Crippen LogP contribution in [0.25, 0.3) is 0 Å². The Hall–Kier alpha value is -1.90. The third-order valence-corrected chi connectivity index (χ3v) is 2.54. The molecule has 1 heterocycles. The zero-order valence-corrected chi connectivity index (χ0v) is 9.17. The van der Waals surface area contributed by atoms with Crippen molar-refractivity contribution in [1.82, 2.24) is 4.98 Å². The Morgan fingerprint density at radius 3 is 2.62 bits per heavy atom. The van der Waals surface area contributed by atoms with Crippen LogP contribution in [-0.4, -0.2) is 10.8 Å². The predicted octanol–water partition coefficient (Wildman–Crippen LogP) is 3.00. The molecule has 0 unspecified atom stereocenters. The Morgan fingerprint density at radius 1 is 1.31 bits per heavy atom. The molecule has 2 nitrogen and oxygen atoms in total. The monoisotopic (exact) mass is 217 g/mol. The number of aromatic nitrogens is 1. The number of aromatic amines is 1. The van der Waals surface area contributed by atoms with Gasteiger partial charge in [0.1, 0.15) is 5.82 Å². The van der Waals surface area contributed by atoms with Crippen molar-refractivity contribution in [3.05, 3.63) is 58.7 Å². The zero-order valence-electron chi connectivity index (χ0n) is 9.17. The van der Waals surface area contributed by atoms with Gasteiger partial charge in [-0.25, -0.2) is 4.39 Å². The fourth-order valence-corrected chi connectivity index (χ4v) is 1.70. The highest BCUT2D eigenvalue weighted by molar-refractivity contribution is 6.10. The molecule has 2 aromatic rings. The highest BCUT2D eigenvalue weighted by Crippen LogP contribution is 2.17. The summed E-state index contributed by atoms with van der Waals surface area (Å²) in [7, 11) is 0. The molecule has 3 heteroatoms. The van der Waals surface area contributed by atoms with Crippen molar-refractivity contribution in [2.24, 2.45) is 0 Å². The van der Waals surface area contributed by atoms with Gasteiger partial charge < -0.3 is 4.98 Å². The first-order valence-electron chi connectivity index (χ1n) is 5.04. The van der Waals surface area contributed by atoms with Gasteiger partial charge >= 0.3 is 0 Å². The van der Waals surface area contributed by atoms with Crippen molar-refractivity contribution in [1.29, 1.82) is 0 Å². The van der Waals surface area contributed by atoms with Gasteiger partial charge in [0.2, 0.25) is 0 Å². The highest BCUT2D eigenvalue weighted by atomic mass is 19.1. The van der Waals surface area contributed by atoms with E-state index < -0.39 is 5.82 Å². The van der Waals surface area contributed by atoms with Gasteiger partial charge in [-0.3, -0.25) is 4.79 Å². The highest BCUT2D eigenvalue weighted by Gasteiger charge is 2.16. The Morgan fingerprint density at radius 2 is 2.06 bits per heavy atom. The second kappa shape index (κ2) is 3.93. The van der Waals surface area contributed by atoms with Gasteiger partial charge in [-0.2, -0.15) is 0 Å². The van der Waals surface area contributed by atoms with Crippen LogP contribution in [0.15, 0.2) is 30.5 Å². The second-order valence-electron chi connectivity index (χ2n) is 3.83. The van der Waals surface area contributed by atoms with Crippen molar-refractivity contribution >= 4 is 5.78 Å². The van der Waals surface area contributed by atoms with Gasteiger partial charge in [-0.15, -0.1) is 0 Å². The molecule has 0 atom stereocenters. The van der Waals surface area contributed by atoms with E-state index in [1.54, 1.807) is 31.3 Å². The SMILES string of the molecule is Cc1cc(C(=O)c2c(C)cccc2F)c[nH]1. The Kier molecular flexibility index (Phi) is 2.60. The molecule has 1 N–H and O–H groups in total. The van der Waals surface area contributed by atoms with Gasteiger partial charge in [0.15, 0.2) is 5.78 Å². The summed E-state index contributed by atoms with van der Waals surface area (Å²) in [5, 5.41) is 0. The fraction of sp³-hybridized carbons (Fsp3) is 0.154.